The monoisotopic (exact) mass is 344 g/mol. The number of halogens is 1. The second-order valence-corrected chi connectivity index (χ2v) is 6.06. The Morgan fingerprint density at radius 3 is 2.54 bits per heavy atom. The van der Waals surface area contributed by atoms with Crippen molar-refractivity contribution >= 4 is 23.3 Å². The molecule has 3 heterocycles. The number of fused-ring (bicyclic) bond motifs is 1. The number of aromatic nitrogens is 2. The first kappa shape index (κ1) is 16.8. The Kier molecular flexibility index (Phi) is 4.52. The number of epoxide rings is 1. The summed E-state index contributed by atoms with van der Waals surface area (Å²) in [7, 11) is 1.68. The number of aryl methyl sites for hydroxylation is 1. The standard InChI is InChI=1S/C19H20N2O2.ClH/c1-12-13(2)21(10-16-11-23-16)19-17(12)8-9-20-18(19)14-4-6-15(22-3)7-5-14;/h4-9,16H,10-11H2,1-3H3;1H. The van der Waals surface area contributed by atoms with Crippen molar-refractivity contribution in [2.45, 2.75) is 26.5 Å². The van der Waals surface area contributed by atoms with Crippen molar-refractivity contribution in [1.29, 1.82) is 0 Å². The van der Waals surface area contributed by atoms with E-state index in [1.165, 1.54) is 22.2 Å². The van der Waals surface area contributed by atoms with Crippen LogP contribution in [0.3, 0.4) is 0 Å². The van der Waals surface area contributed by atoms with Gasteiger partial charge in [0.1, 0.15) is 5.75 Å². The smallest absolute Gasteiger partial charge is 0.118 e. The van der Waals surface area contributed by atoms with Gasteiger partial charge in [0.2, 0.25) is 0 Å². The summed E-state index contributed by atoms with van der Waals surface area (Å²) in [5.41, 5.74) is 5.92. The lowest BCUT2D eigenvalue weighted by Crippen LogP contribution is -2.06. The fraction of sp³-hybridized carbons (Fsp3) is 0.316. The first-order valence-electron chi connectivity index (χ1n) is 7.89. The van der Waals surface area contributed by atoms with Crippen LogP contribution in [0.15, 0.2) is 36.5 Å². The molecule has 5 heteroatoms. The number of methoxy groups -OCH3 is 1. The van der Waals surface area contributed by atoms with Gasteiger partial charge in [-0.2, -0.15) is 0 Å². The summed E-state index contributed by atoms with van der Waals surface area (Å²) in [6.45, 7) is 6.11. The van der Waals surface area contributed by atoms with Crippen LogP contribution in [0.1, 0.15) is 11.3 Å². The number of benzene rings is 1. The van der Waals surface area contributed by atoms with Crippen LogP contribution in [-0.2, 0) is 11.3 Å². The highest BCUT2D eigenvalue weighted by molar-refractivity contribution is 5.95. The van der Waals surface area contributed by atoms with Crippen LogP contribution in [0, 0.1) is 13.8 Å². The van der Waals surface area contributed by atoms with Crippen molar-refractivity contribution in [2.24, 2.45) is 0 Å². The molecule has 1 aliphatic rings. The largest absolute Gasteiger partial charge is 0.497 e. The molecule has 0 N–H and O–H groups in total. The topological polar surface area (TPSA) is 39.6 Å². The Balaban J connectivity index is 0.00000169. The van der Waals surface area contributed by atoms with Crippen LogP contribution >= 0.6 is 12.4 Å². The van der Waals surface area contributed by atoms with Gasteiger partial charge < -0.3 is 14.0 Å². The molecule has 1 fully saturated rings. The van der Waals surface area contributed by atoms with Crippen molar-refractivity contribution in [3.8, 4) is 17.0 Å². The Hall–Kier alpha value is -2.04. The van der Waals surface area contributed by atoms with Crippen molar-refractivity contribution in [1.82, 2.24) is 9.55 Å². The number of ether oxygens (including phenoxy) is 2. The zero-order chi connectivity index (χ0) is 16.0. The number of rotatable bonds is 4. The molecule has 0 spiro atoms. The lowest BCUT2D eigenvalue weighted by molar-refractivity contribution is 0.384. The Morgan fingerprint density at radius 2 is 1.92 bits per heavy atom. The van der Waals surface area contributed by atoms with Gasteiger partial charge in [0.15, 0.2) is 0 Å². The summed E-state index contributed by atoms with van der Waals surface area (Å²) >= 11 is 0. The van der Waals surface area contributed by atoms with E-state index in [0.717, 1.165) is 30.2 Å². The molecular weight excluding hydrogens is 324 g/mol. The van der Waals surface area contributed by atoms with E-state index in [1.807, 2.05) is 18.3 Å². The van der Waals surface area contributed by atoms with Gasteiger partial charge in [-0.25, -0.2) is 0 Å². The second kappa shape index (κ2) is 6.46. The van der Waals surface area contributed by atoms with Crippen LogP contribution in [0.5, 0.6) is 5.75 Å². The molecule has 1 aromatic carbocycles. The van der Waals surface area contributed by atoms with Crippen molar-refractivity contribution in [3.05, 3.63) is 47.8 Å². The van der Waals surface area contributed by atoms with Gasteiger partial charge in [-0.3, -0.25) is 4.98 Å². The summed E-state index contributed by atoms with van der Waals surface area (Å²) in [5.74, 6) is 0.857. The van der Waals surface area contributed by atoms with Gasteiger partial charge in [0, 0.05) is 22.8 Å². The number of nitrogens with zero attached hydrogens (tertiary/aromatic N) is 2. The molecule has 3 aromatic rings. The van der Waals surface area contributed by atoms with E-state index in [-0.39, 0.29) is 12.4 Å². The number of hydrogen-bond donors (Lipinski definition) is 0. The highest BCUT2D eigenvalue weighted by Gasteiger charge is 2.26. The molecule has 126 valence electrons. The highest BCUT2D eigenvalue weighted by atomic mass is 35.5. The zero-order valence-corrected chi connectivity index (χ0v) is 14.9. The minimum atomic E-state index is 0. The van der Waals surface area contributed by atoms with E-state index in [4.69, 9.17) is 9.47 Å². The molecule has 1 unspecified atom stereocenters. The molecule has 1 aliphatic heterocycles. The summed E-state index contributed by atoms with van der Waals surface area (Å²) in [4.78, 5) is 4.67. The fourth-order valence-corrected chi connectivity index (χ4v) is 3.16. The maximum atomic E-state index is 5.44. The van der Waals surface area contributed by atoms with Crippen LogP contribution in [-0.4, -0.2) is 29.4 Å². The summed E-state index contributed by atoms with van der Waals surface area (Å²) < 4.78 is 13.1. The SMILES string of the molecule is COc1ccc(-c2nccc3c(C)c(C)n(CC4CO4)c23)cc1.Cl. The maximum Gasteiger partial charge on any atom is 0.118 e. The Morgan fingerprint density at radius 1 is 1.21 bits per heavy atom. The summed E-state index contributed by atoms with van der Waals surface area (Å²) in [6.07, 6.45) is 2.24. The molecule has 0 amide bonds. The van der Waals surface area contributed by atoms with Gasteiger partial charge in [-0.1, -0.05) is 0 Å². The average Bonchev–Trinajstić information content (AvgIpc) is 3.38. The minimum Gasteiger partial charge on any atom is -0.497 e. The molecule has 4 nitrogen and oxygen atoms in total. The van der Waals surface area contributed by atoms with Crippen LogP contribution in [0.4, 0.5) is 0 Å². The maximum absolute atomic E-state index is 5.44. The van der Waals surface area contributed by atoms with E-state index >= 15 is 0 Å². The lowest BCUT2D eigenvalue weighted by Gasteiger charge is -2.10. The molecular formula is C19H21ClN2O2. The van der Waals surface area contributed by atoms with Crippen molar-refractivity contribution < 1.29 is 9.47 Å². The van der Waals surface area contributed by atoms with E-state index in [9.17, 15) is 0 Å². The molecule has 0 aliphatic carbocycles. The van der Waals surface area contributed by atoms with Crippen LogP contribution < -0.4 is 4.74 Å². The Bertz CT molecular complexity index is 867. The third-order valence-corrected chi connectivity index (χ3v) is 4.70. The molecule has 0 radical (unpaired) electrons. The first-order chi connectivity index (χ1) is 11.2. The van der Waals surface area contributed by atoms with Crippen LogP contribution in [0.25, 0.3) is 22.2 Å². The number of pyridine rings is 1. The molecule has 1 atom stereocenters. The van der Waals surface area contributed by atoms with E-state index in [0.29, 0.717) is 6.10 Å². The average molecular weight is 345 g/mol. The summed E-state index contributed by atoms with van der Waals surface area (Å²) in [6, 6.07) is 10.2. The van der Waals surface area contributed by atoms with Gasteiger partial charge in [-0.05, 0) is 49.7 Å². The minimum absolute atomic E-state index is 0. The first-order valence-corrected chi connectivity index (χ1v) is 7.89. The molecule has 24 heavy (non-hydrogen) atoms. The highest BCUT2D eigenvalue weighted by Crippen LogP contribution is 2.34. The van der Waals surface area contributed by atoms with E-state index in [1.54, 1.807) is 7.11 Å². The predicted octanol–water partition coefficient (Wildman–Crippen LogP) is 4.15. The Labute approximate surface area is 147 Å². The second-order valence-electron chi connectivity index (χ2n) is 6.06. The third kappa shape index (κ3) is 2.76. The van der Waals surface area contributed by atoms with Gasteiger partial charge in [0.05, 0.1) is 37.6 Å². The number of hydrogen-bond acceptors (Lipinski definition) is 3. The van der Waals surface area contributed by atoms with Crippen molar-refractivity contribution in [2.75, 3.05) is 13.7 Å². The van der Waals surface area contributed by atoms with Crippen LogP contribution in [0.2, 0.25) is 0 Å². The van der Waals surface area contributed by atoms with E-state index < -0.39 is 0 Å². The quantitative estimate of drug-likeness (QED) is 0.667. The molecule has 2 aromatic heterocycles. The lowest BCUT2D eigenvalue weighted by atomic mass is 10.1. The summed E-state index contributed by atoms with van der Waals surface area (Å²) in [5, 5.41) is 1.27. The van der Waals surface area contributed by atoms with Gasteiger partial charge >= 0.3 is 0 Å². The normalized spacial score (nSPS) is 16.0. The zero-order valence-electron chi connectivity index (χ0n) is 14.1. The molecule has 1 saturated heterocycles. The molecule has 4 rings (SSSR count). The fourth-order valence-electron chi connectivity index (χ4n) is 3.16. The predicted molar refractivity (Wildman–Crippen MR) is 98.2 cm³/mol. The van der Waals surface area contributed by atoms with Gasteiger partial charge in [0.25, 0.3) is 0 Å². The van der Waals surface area contributed by atoms with Gasteiger partial charge in [-0.15, -0.1) is 12.4 Å². The van der Waals surface area contributed by atoms with Crippen molar-refractivity contribution in [3.63, 3.8) is 0 Å². The van der Waals surface area contributed by atoms with E-state index in [2.05, 4.69) is 41.6 Å². The molecule has 0 bridgehead atoms. The third-order valence-electron chi connectivity index (χ3n) is 4.70. The molecule has 0 saturated carbocycles.